The molecule has 1 rings (SSSR count). The minimum absolute atomic E-state index is 0.0533. The molecule has 2 N–H and O–H groups in total. The average Bonchev–Trinajstić information content (AvgIpc) is 1.80. The van der Waals surface area contributed by atoms with E-state index in [9.17, 15) is 0 Å². The van der Waals surface area contributed by atoms with E-state index in [0.29, 0.717) is 6.42 Å². The molecule has 0 saturated carbocycles. The molecule has 0 amide bonds. The van der Waals surface area contributed by atoms with Crippen LogP contribution in [0, 0.1) is 0 Å². The van der Waals surface area contributed by atoms with Gasteiger partial charge >= 0.3 is 0 Å². The fourth-order valence-corrected chi connectivity index (χ4v) is 0.659. The summed E-state index contributed by atoms with van der Waals surface area (Å²) < 4.78 is 0. The van der Waals surface area contributed by atoms with Gasteiger partial charge in [-0.1, -0.05) is 6.58 Å². The first-order valence-corrected chi connectivity index (χ1v) is 2.68. The van der Waals surface area contributed by atoms with Crippen molar-refractivity contribution in [2.45, 2.75) is 6.42 Å². The van der Waals surface area contributed by atoms with Gasteiger partial charge in [-0.25, -0.2) is 0 Å². The lowest BCUT2D eigenvalue weighted by molar-refractivity contribution is 0.322. The summed E-state index contributed by atoms with van der Waals surface area (Å²) in [5.41, 5.74) is 0.810. The Balaban J connectivity index is 2.87. The van der Waals surface area contributed by atoms with Crippen LogP contribution in [-0.4, -0.2) is 10.2 Å². The van der Waals surface area contributed by atoms with Gasteiger partial charge in [-0.3, -0.25) is 0 Å². The van der Waals surface area contributed by atoms with Gasteiger partial charge < -0.3 is 10.2 Å². The first-order chi connectivity index (χ1) is 4.20. The zero-order valence-corrected chi connectivity index (χ0v) is 4.96. The van der Waals surface area contributed by atoms with Crippen LogP contribution in [0.5, 0.6) is 0 Å². The van der Waals surface area contributed by atoms with E-state index in [-0.39, 0.29) is 11.5 Å². The van der Waals surface area contributed by atoms with E-state index in [4.69, 9.17) is 10.2 Å². The Kier molecular flexibility index (Phi) is 1.30. The van der Waals surface area contributed by atoms with Gasteiger partial charge in [0.15, 0.2) is 11.5 Å². The Bertz CT molecular complexity index is 199. The lowest BCUT2D eigenvalue weighted by Crippen LogP contribution is -1.93. The minimum atomic E-state index is -0.0914. The monoisotopic (exact) mass is 124 g/mol. The highest BCUT2D eigenvalue weighted by Crippen LogP contribution is 2.16. The minimum Gasteiger partial charge on any atom is -0.504 e. The fourth-order valence-electron chi connectivity index (χ4n) is 0.659. The SMILES string of the molecule is C=C1C=C(O)C(O)=CC1. The number of hydrogen-bond donors (Lipinski definition) is 2. The summed E-state index contributed by atoms with van der Waals surface area (Å²) in [6, 6.07) is 0. The highest BCUT2D eigenvalue weighted by Gasteiger charge is 2.05. The smallest absolute Gasteiger partial charge is 0.157 e. The molecule has 9 heavy (non-hydrogen) atoms. The van der Waals surface area contributed by atoms with Crippen molar-refractivity contribution in [2.75, 3.05) is 0 Å². The predicted molar refractivity (Wildman–Crippen MR) is 35.2 cm³/mol. The van der Waals surface area contributed by atoms with Crippen LogP contribution in [-0.2, 0) is 0 Å². The average molecular weight is 124 g/mol. The molecule has 0 aromatic heterocycles. The van der Waals surface area contributed by atoms with E-state index in [2.05, 4.69) is 6.58 Å². The molecule has 2 nitrogen and oxygen atoms in total. The molecule has 0 aromatic carbocycles. The normalized spacial score (nSPS) is 18.9. The molecule has 48 valence electrons. The summed E-state index contributed by atoms with van der Waals surface area (Å²) in [5.74, 6) is -0.145. The van der Waals surface area contributed by atoms with Crippen LogP contribution < -0.4 is 0 Å². The Morgan fingerprint density at radius 1 is 1.33 bits per heavy atom. The zero-order valence-electron chi connectivity index (χ0n) is 4.96. The first kappa shape index (κ1) is 5.95. The van der Waals surface area contributed by atoms with Crippen molar-refractivity contribution >= 4 is 0 Å². The summed E-state index contributed by atoms with van der Waals surface area (Å²) in [7, 11) is 0. The second kappa shape index (κ2) is 1.97. The van der Waals surface area contributed by atoms with Crippen LogP contribution in [0.25, 0.3) is 0 Å². The third-order valence-electron chi connectivity index (χ3n) is 1.16. The third kappa shape index (κ3) is 1.13. The second-order valence-corrected chi connectivity index (χ2v) is 1.98. The van der Waals surface area contributed by atoms with Crippen molar-refractivity contribution in [3.63, 3.8) is 0 Å². The largest absolute Gasteiger partial charge is 0.504 e. The molecule has 1 aliphatic carbocycles. The van der Waals surface area contributed by atoms with Crippen molar-refractivity contribution in [3.05, 3.63) is 35.8 Å². The van der Waals surface area contributed by atoms with E-state index < -0.39 is 0 Å². The molecule has 0 spiro atoms. The summed E-state index contributed by atoms with van der Waals surface area (Å²) in [6.45, 7) is 3.61. The standard InChI is InChI=1S/C7H8O2/c1-5-2-3-6(8)7(9)4-5/h3-4,8-9H,1-2H2. The maximum atomic E-state index is 8.83. The topological polar surface area (TPSA) is 40.5 Å². The van der Waals surface area contributed by atoms with Gasteiger partial charge in [-0.2, -0.15) is 0 Å². The molecule has 2 heteroatoms. The van der Waals surface area contributed by atoms with E-state index in [1.165, 1.54) is 12.2 Å². The van der Waals surface area contributed by atoms with E-state index in [0.717, 1.165) is 5.57 Å². The number of hydrogen-bond acceptors (Lipinski definition) is 2. The molecule has 0 bridgehead atoms. The number of aliphatic hydroxyl groups excluding tert-OH is 2. The quantitative estimate of drug-likeness (QED) is 0.517. The van der Waals surface area contributed by atoms with E-state index >= 15 is 0 Å². The molecular weight excluding hydrogens is 116 g/mol. The zero-order chi connectivity index (χ0) is 6.85. The Labute approximate surface area is 53.4 Å². The molecule has 0 heterocycles. The second-order valence-electron chi connectivity index (χ2n) is 1.98. The van der Waals surface area contributed by atoms with Gasteiger partial charge in [-0.15, -0.1) is 0 Å². The van der Waals surface area contributed by atoms with Gasteiger partial charge in [0, 0.05) is 0 Å². The highest BCUT2D eigenvalue weighted by molar-refractivity contribution is 5.33. The van der Waals surface area contributed by atoms with Crippen LogP contribution >= 0.6 is 0 Å². The Morgan fingerprint density at radius 2 is 2.00 bits per heavy atom. The predicted octanol–water partition coefficient (Wildman–Crippen LogP) is 1.83. The van der Waals surface area contributed by atoms with Crippen molar-refractivity contribution in [3.8, 4) is 0 Å². The summed E-state index contributed by atoms with van der Waals surface area (Å²) in [4.78, 5) is 0. The molecule has 0 aromatic rings. The highest BCUT2D eigenvalue weighted by atomic mass is 16.3. The van der Waals surface area contributed by atoms with Crippen molar-refractivity contribution in [1.29, 1.82) is 0 Å². The molecule has 0 atom stereocenters. The van der Waals surface area contributed by atoms with E-state index in [1.807, 2.05) is 0 Å². The van der Waals surface area contributed by atoms with Gasteiger partial charge in [0.05, 0.1) is 0 Å². The lowest BCUT2D eigenvalue weighted by atomic mass is 10.1. The van der Waals surface area contributed by atoms with E-state index in [1.54, 1.807) is 0 Å². The van der Waals surface area contributed by atoms with Gasteiger partial charge in [0.1, 0.15) is 0 Å². The Morgan fingerprint density at radius 3 is 2.44 bits per heavy atom. The molecule has 0 saturated heterocycles. The number of aliphatic hydroxyl groups is 2. The van der Waals surface area contributed by atoms with Crippen LogP contribution in [0.4, 0.5) is 0 Å². The summed E-state index contributed by atoms with van der Waals surface area (Å²) in [5, 5.41) is 17.6. The molecule has 0 radical (unpaired) electrons. The van der Waals surface area contributed by atoms with Crippen molar-refractivity contribution < 1.29 is 10.2 Å². The van der Waals surface area contributed by atoms with Crippen molar-refractivity contribution in [2.24, 2.45) is 0 Å². The first-order valence-electron chi connectivity index (χ1n) is 2.68. The van der Waals surface area contributed by atoms with Gasteiger partial charge in [0.2, 0.25) is 0 Å². The Hall–Kier alpha value is -1.18. The lowest BCUT2D eigenvalue weighted by Gasteiger charge is -2.05. The fraction of sp³-hybridized carbons (Fsp3) is 0.143. The maximum absolute atomic E-state index is 8.83. The van der Waals surface area contributed by atoms with Crippen LogP contribution in [0.3, 0.4) is 0 Å². The summed E-state index contributed by atoms with van der Waals surface area (Å²) >= 11 is 0. The van der Waals surface area contributed by atoms with Crippen LogP contribution in [0.2, 0.25) is 0 Å². The maximum Gasteiger partial charge on any atom is 0.157 e. The van der Waals surface area contributed by atoms with Crippen molar-refractivity contribution in [1.82, 2.24) is 0 Å². The third-order valence-corrected chi connectivity index (χ3v) is 1.16. The number of allylic oxidation sites excluding steroid dienone is 3. The molecule has 0 unspecified atom stereocenters. The molecule has 0 aliphatic heterocycles. The number of rotatable bonds is 0. The molecular formula is C7H8O2. The molecule has 1 aliphatic rings. The molecule has 0 fully saturated rings. The summed E-state index contributed by atoms with van der Waals surface area (Å²) in [6.07, 6.45) is 3.60. The van der Waals surface area contributed by atoms with Crippen LogP contribution in [0.1, 0.15) is 6.42 Å². The van der Waals surface area contributed by atoms with Crippen LogP contribution in [0.15, 0.2) is 35.8 Å². The van der Waals surface area contributed by atoms with Gasteiger partial charge in [-0.05, 0) is 24.1 Å². The van der Waals surface area contributed by atoms with Gasteiger partial charge in [0.25, 0.3) is 0 Å².